The van der Waals surface area contributed by atoms with E-state index in [0.29, 0.717) is 33.5 Å². The van der Waals surface area contributed by atoms with Gasteiger partial charge >= 0.3 is 0 Å². The number of hydrogen-bond acceptors (Lipinski definition) is 4. The molecule has 1 amide bonds. The molecule has 0 radical (unpaired) electrons. The number of oxazole rings is 1. The predicted octanol–water partition coefficient (Wildman–Crippen LogP) is 6.88. The van der Waals surface area contributed by atoms with Crippen LogP contribution in [0.4, 0.5) is 5.69 Å². The van der Waals surface area contributed by atoms with Gasteiger partial charge in [0.2, 0.25) is 11.8 Å². The molecule has 1 heterocycles. The summed E-state index contributed by atoms with van der Waals surface area (Å²) in [6.45, 7) is 1.96. The van der Waals surface area contributed by atoms with E-state index < -0.39 is 0 Å². The van der Waals surface area contributed by atoms with Crippen LogP contribution >= 0.6 is 23.8 Å². The third kappa shape index (κ3) is 4.22. The fraction of sp³-hybridized carbons (Fsp3) is 0.444. The van der Waals surface area contributed by atoms with Crippen molar-refractivity contribution in [3.05, 3.63) is 47.0 Å². The molecule has 0 unspecified atom stereocenters. The molecule has 7 rings (SSSR count). The van der Waals surface area contributed by atoms with Gasteiger partial charge in [0.1, 0.15) is 5.52 Å². The van der Waals surface area contributed by atoms with Crippen LogP contribution in [0.25, 0.3) is 22.6 Å². The standard InChI is InChI=1S/C27H28ClN3O2S/c1-15-2-3-19(9-21(15)28)25-30-22-10-20(4-5-23(22)33-25)29-26(34)31-24(32)14-27-11-16-6-17(12-27)8-18(7-16)13-27/h2-5,9-10,16-18H,6-8,11-14H2,1H3,(H2,29,31,32,34). The normalized spacial score (nSPS) is 27.2. The molecule has 2 aromatic carbocycles. The van der Waals surface area contributed by atoms with Crippen LogP contribution in [0.5, 0.6) is 0 Å². The summed E-state index contributed by atoms with van der Waals surface area (Å²) in [7, 11) is 0. The summed E-state index contributed by atoms with van der Waals surface area (Å²) >= 11 is 11.7. The minimum absolute atomic E-state index is 0.0282. The van der Waals surface area contributed by atoms with E-state index in [4.69, 9.17) is 28.2 Å². The van der Waals surface area contributed by atoms with Crippen LogP contribution in [0.3, 0.4) is 0 Å². The number of aryl methyl sites for hydroxylation is 1. The van der Waals surface area contributed by atoms with E-state index in [2.05, 4.69) is 15.6 Å². The highest BCUT2D eigenvalue weighted by molar-refractivity contribution is 7.80. The topological polar surface area (TPSA) is 67.2 Å². The second kappa shape index (κ2) is 8.35. The van der Waals surface area contributed by atoms with Gasteiger partial charge in [-0.2, -0.15) is 0 Å². The van der Waals surface area contributed by atoms with Crippen molar-refractivity contribution in [1.82, 2.24) is 10.3 Å². The van der Waals surface area contributed by atoms with E-state index in [-0.39, 0.29) is 11.3 Å². The summed E-state index contributed by atoms with van der Waals surface area (Å²) < 4.78 is 5.91. The van der Waals surface area contributed by atoms with Gasteiger partial charge in [0.25, 0.3) is 0 Å². The molecule has 176 valence electrons. The molecule has 1 aromatic heterocycles. The Kier molecular flexibility index (Phi) is 5.41. The first kappa shape index (κ1) is 22.1. The Morgan fingerprint density at radius 1 is 1.12 bits per heavy atom. The van der Waals surface area contributed by atoms with E-state index in [9.17, 15) is 4.79 Å². The van der Waals surface area contributed by atoms with Gasteiger partial charge in [-0.05, 0) is 117 Å². The second-order valence-corrected chi connectivity index (χ2v) is 11.6. The van der Waals surface area contributed by atoms with E-state index >= 15 is 0 Å². The fourth-order valence-corrected chi connectivity index (χ4v) is 7.45. The predicted molar refractivity (Wildman–Crippen MR) is 139 cm³/mol. The molecule has 5 nitrogen and oxygen atoms in total. The number of rotatable bonds is 4. The minimum atomic E-state index is 0.0282. The zero-order valence-corrected chi connectivity index (χ0v) is 20.8. The van der Waals surface area contributed by atoms with Crippen LogP contribution in [-0.2, 0) is 4.79 Å². The SMILES string of the molecule is Cc1ccc(-c2nc3cc(NC(=S)NC(=O)CC45CC6CC(CC(C6)C4)C5)ccc3o2)cc1Cl. The van der Waals surface area contributed by atoms with Gasteiger partial charge in [-0.25, -0.2) is 4.98 Å². The van der Waals surface area contributed by atoms with Gasteiger partial charge in [-0.15, -0.1) is 0 Å². The van der Waals surface area contributed by atoms with E-state index in [1.54, 1.807) is 0 Å². The Morgan fingerprint density at radius 2 is 1.82 bits per heavy atom. The van der Waals surface area contributed by atoms with Crippen LogP contribution in [0.2, 0.25) is 5.02 Å². The molecule has 34 heavy (non-hydrogen) atoms. The van der Waals surface area contributed by atoms with Crippen molar-refractivity contribution in [3.8, 4) is 11.5 Å². The summed E-state index contributed by atoms with van der Waals surface area (Å²) in [4.78, 5) is 17.5. The largest absolute Gasteiger partial charge is 0.436 e. The Labute approximate surface area is 209 Å². The summed E-state index contributed by atoms with van der Waals surface area (Å²) in [6, 6.07) is 11.3. The Hall–Kier alpha value is -2.44. The minimum Gasteiger partial charge on any atom is -0.436 e. The van der Waals surface area contributed by atoms with Crippen LogP contribution in [0.1, 0.15) is 50.5 Å². The third-order valence-electron chi connectivity index (χ3n) is 8.02. The number of thiocarbonyl (C=S) groups is 1. The monoisotopic (exact) mass is 493 g/mol. The quantitative estimate of drug-likeness (QED) is 0.388. The number of nitrogens with zero attached hydrogens (tertiary/aromatic N) is 1. The van der Waals surface area contributed by atoms with E-state index in [0.717, 1.165) is 34.6 Å². The molecular formula is C27H28ClN3O2S. The molecular weight excluding hydrogens is 466 g/mol. The lowest BCUT2D eigenvalue weighted by Gasteiger charge is -2.56. The second-order valence-electron chi connectivity index (χ2n) is 10.8. The number of carbonyl (C=O) groups excluding carboxylic acids is 1. The van der Waals surface area contributed by atoms with Crippen LogP contribution in [-0.4, -0.2) is 16.0 Å². The average molecular weight is 494 g/mol. The lowest BCUT2D eigenvalue weighted by atomic mass is 9.49. The van der Waals surface area contributed by atoms with Crippen molar-refractivity contribution in [2.75, 3.05) is 5.32 Å². The zero-order chi connectivity index (χ0) is 23.4. The van der Waals surface area contributed by atoms with Crippen LogP contribution in [0, 0.1) is 30.1 Å². The molecule has 0 aliphatic heterocycles. The molecule has 0 spiro atoms. The first-order chi connectivity index (χ1) is 16.3. The Morgan fingerprint density at radius 3 is 2.50 bits per heavy atom. The Balaban J connectivity index is 1.11. The van der Waals surface area contributed by atoms with Crippen molar-refractivity contribution in [1.29, 1.82) is 0 Å². The van der Waals surface area contributed by atoms with Crippen LogP contribution in [0.15, 0.2) is 40.8 Å². The van der Waals surface area contributed by atoms with Crippen molar-refractivity contribution in [3.63, 3.8) is 0 Å². The van der Waals surface area contributed by atoms with E-state index in [1.807, 2.05) is 43.3 Å². The number of halogens is 1. The van der Waals surface area contributed by atoms with Gasteiger partial charge in [-0.3, -0.25) is 4.79 Å². The number of hydrogen-bond donors (Lipinski definition) is 2. The van der Waals surface area contributed by atoms with Gasteiger partial charge in [-0.1, -0.05) is 17.7 Å². The Bertz CT molecular complexity index is 1260. The van der Waals surface area contributed by atoms with Gasteiger partial charge in [0.15, 0.2) is 10.7 Å². The zero-order valence-electron chi connectivity index (χ0n) is 19.2. The highest BCUT2D eigenvalue weighted by Gasteiger charge is 2.51. The molecule has 0 atom stereocenters. The summed E-state index contributed by atoms with van der Waals surface area (Å²) in [5.74, 6) is 3.04. The highest BCUT2D eigenvalue weighted by Crippen LogP contribution is 2.61. The molecule has 4 saturated carbocycles. The number of aromatic nitrogens is 1. The maximum Gasteiger partial charge on any atom is 0.227 e. The lowest BCUT2D eigenvalue weighted by Crippen LogP contribution is -2.48. The number of fused-ring (bicyclic) bond motifs is 1. The van der Waals surface area contributed by atoms with Gasteiger partial charge in [0, 0.05) is 22.7 Å². The molecule has 4 aliphatic rings. The highest BCUT2D eigenvalue weighted by atomic mass is 35.5. The smallest absolute Gasteiger partial charge is 0.227 e. The molecule has 2 N–H and O–H groups in total. The van der Waals surface area contributed by atoms with Crippen LogP contribution < -0.4 is 10.6 Å². The number of carbonyl (C=O) groups is 1. The first-order valence-corrected chi connectivity index (χ1v) is 12.9. The number of benzene rings is 2. The van der Waals surface area contributed by atoms with Gasteiger partial charge in [0.05, 0.1) is 0 Å². The molecule has 4 fully saturated rings. The maximum atomic E-state index is 12.9. The molecule has 0 saturated heterocycles. The maximum absolute atomic E-state index is 12.9. The lowest BCUT2D eigenvalue weighted by molar-refractivity contribution is -0.127. The molecule has 7 heteroatoms. The number of amides is 1. The third-order valence-corrected chi connectivity index (χ3v) is 8.63. The average Bonchev–Trinajstić information content (AvgIpc) is 3.17. The first-order valence-electron chi connectivity index (χ1n) is 12.1. The molecule has 4 aliphatic carbocycles. The molecule has 4 bridgehead atoms. The number of anilines is 1. The van der Waals surface area contributed by atoms with Crippen molar-refractivity contribution in [2.24, 2.45) is 23.2 Å². The summed E-state index contributed by atoms with van der Waals surface area (Å²) in [5.41, 5.74) is 4.17. The van der Waals surface area contributed by atoms with E-state index in [1.165, 1.54) is 38.5 Å². The molecule has 3 aromatic rings. The summed E-state index contributed by atoms with van der Waals surface area (Å²) in [6.07, 6.45) is 8.36. The van der Waals surface area contributed by atoms with Gasteiger partial charge < -0.3 is 15.1 Å². The van der Waals surface area contributed by atoms with Crippen molar-refractivity contribution < 1.29 is 9.21 Å². The van der Waals surface area contributed by atoms with Crippen molar-refractivity contribution in [2.45, 2.75) is 51.9 Å². The van der Waals surface area contributed by atoms with Crippen molar-refractivity contribution >= 4 is 51.6 Å². The fourth-order valence-electron chi connectivity index (χ4n) is 7.03. The number of nitrogens with one attached hydrogen (secondary N) is 2. The summed E-state index contributed by atoms with van der Waals surface area (Å²) in [5, 5.41) is 7.05.